The monoisotopic (exact) mass is 375 g/mol. The molecule has 2 rings (SSSR count). The summed E-state index contributed by atoms with van der Waals surface area (Å²) in [7, 11) is 1.82. The van der Waals surface area contributed by atoms with E-state index in [2.05, 4.69) is 60.7 Å². The molecule has 152 valence electrons. The molecule has 0 saturated carbocycles. The van der Waals surface area contributed by atoms with Crippen molar-refractivity contribution in [1.82, 2.24) is 10.6 Å². The van der Waals surface area contributed by atoms with Crippen LogP contribution in [0.3, 0.4) is 0 Å². The van der Waals surface area contributed by atoms with Gasteiger partial charge in [0.15, 0.2) is 5.96 Å². The number of hydrogen-bond acceptors (Lipinski definition) is 3. The molecule has 0 aliphatic carbocycles. The molecule has 1 fully saturated rings. The first-order chi connectivity index (χ1) is 13.1. The standard InChI is InChI=1S/C22H37N3O2/c1-17(2)16-26-13-6-12-24-22(23-4)25-15-20-7-5-14-27-21(20)19-10-8-18(3)9-11-19/h8-11,17,20-21H,5-7,12-16H2,1-4H3,(H2,23,24,25). The van der Waals surface area contributed by atoms with Crippen LogP contribution in [0.2, 0.25) is 0 Å². The molecule has 1 aromatic carbocycles. The zero-order valence-corrected chi connectivity index (χ0v) is 17.5. The summed E-state index contributed by atoms with van der Waals surface area (Å²) < 4.78 is 11.7. The molecular formula is C22H37N3O2. The maximum atomic E-state index is 6.11. The van der Waals surface area contributed by atoms with E-state index < -0.39 is 0 Å². The van der Waals surface area contributed by atoms with Crippen molar-refractivity contribution in [2.75, 3.05) is 40.0 Å². The quantitative estimate of drug-likeness (QED) is 0.393. The molecule has 0 spiro atoms. The highest BCUT2D eigenvalue weighted by Crippen LogP contribution is 2.33. The third-order valence-electron chi connectivity index (χ3n) is 4.82. The lowest BCUT2D eigenvalue weighted by Gasteiger charge is -2.32. The molecule has 1 aliphatic heterocycles. The van der Waals surface area contributed by atoms with E-state index in [0.29, 0.717) is 11.8 Å². The van der Waals surface area contributed by atoms with Crippen LogP contribution in [-0.4, -0.2) is 45.9 Å². The Morgan fingerprint density at radius 2 is 2.04 bits per heavy atom. The molecular weight excluding hydrogens is 338 g/mol. The van der Waals surface area contributed by atoms with Crippen LogP contribution >= 0.6 is 0 Å². The van der Waals surface area contributed by atoms with Crippen molar-refractivity contribution >= 4 is 5.96 Å². The van der Waals surface area contributed by atoms with Crippen molar-refractivity contribution in [3.63, 3.8) is 0 Å². The summed E-state index contributed by atoms with van der Waals surface area (Å²) >= 11 is 0. The van der Waals surface area contributed by atoms with Crippen LogP contribution in [0.25, 0.3) is 0 Å². The maximum absolute atomic E-state index is 6.11. The number of aliphatic imine (C=N–C) groups is 1. The Balaban J connectivity index is 1.75. The van der Waals surface area contributed by atoms with Crippen molar-refractivity contribution in [3.8, 4) is 0 Å². The predicted molar refractivity (Wildman–Crippen MR) is 112 cm³/mol. The number of ether oxygens (including phenoxy) is 2. The SMILES string of the molecule is CN=C(NCCCOCC(C)C)NCC1CCCOC1c1ccc(C)cc1. The Kier molecular flexibility index (Phi) is 9.64. The van der Waals surface area contributed by atoms with Gasteiger partial charge in [-0.3, -0.25) is 4.99 Å². The van der Waals surface area contributed by atoms with E-state index in [0.717, 1.165) is 51.7 Å². The topological polar surface area (TPSA) is 54.9 Å². The van der Waals surface area contributed by atoms with Gasteiger partial charge in [0.25, 0.3) is 0 Å². The first kappa shape index (κ1) is 21.7. The minimum Gasteiger partial charge on any atom is -0.381 e. The molecule has 2 N–H and O–H groups in total. The van der Waals surface area contributed by atoms with Gasteiger partial charge in [-0.1, -0.05) is 43.7 Å². The van der Waals surface area contributed by atoms with Crippen molar-refractivity contribution in [2.45, 2.75) is 46.1 Å². The third-order valence-corrected chi connectivity index (χ3v) is 4.82. The summed E-state index contributed by atoms with van der Waals surface area (Å²) in [5, 5.41) is 6.85. The number of guanidine groups is 1. The molecule has 0 radical (unpaired) electrons. The number of nitrogens with one attached hydrogen (secondary N) is 2. The van der Waals surface area contributed by atoms with Gasteiger partial charge < -0.3 is 20.1 Å². The van der Waals surface area contributed by atoms with Gasteiger partial charge in [-0.2, -0.15) is 0 Å². The molecule has 0 aromatic heterocycles. The van der Waals surface area contributed by atoms with Crippen LogP contribution in [0.15, 0.2) is 29.3 Å². The van der Waals surface area contributed by atoms with E-state index in [9.17, 15) is 0 Å². The van der Waals surface area contributed by atoms with Crippen molar-refractivity contribution < 1.29 is 9.47 Å². The lowest BCUT2D eigenvalue weighted by Crippen LogP contribution is -2.42. The minimum absolute atomic E-state index is 0.161. The van der Waals surface area contributed by atoms with Gasteiger partial charge in [-0.05, 0) is 37.7 Å². The molecule has 5 heteroatoms. The van der Waals surface area contributed by atoms with E-state index in [4.69, 9.17) is 9.47 Å². The van der Waals surface area contributed by atoms with Gasteiger partial charge in [0.2, 0.25) is 0 Å². The van der Waals surface area contributed by atoms with Crippen LogP contribution in [-0.2, 0) is 9.47 Å². The highest BCUT2D eigenvalue weighted by atomic mass is 16.5. The molecule has 1 aromatic rings. The molecule has 0 bridgehead atoms. The number of rotatable bonds is 9. The second-order valence-electron chi connectivity index (χ2n) is 7.81. The molecule has 5 nitrogen and oxygen atoms in total. The van der Waals surface area contributed by atoms with Crippen LogP contribution in [0.5, 0.6) is 0 Å². The predicted octanol–water partition coefficient (Wildman–Crippen LogP) is 3.69. The number of aryl methyl sites for hydroxylation is 1. The average Bonchev–Trinajstić information content (AvgIpc) is 2.67. The van der Waals surface area contributed by atoms with Crippen molar-refractivity contribution in [3.05, 3.63) is 35.4 Å². The Labute approximate surface area is 164 Å². The summed E-state index contributed by atoms with van der Waals surface area (Å²) in [6.07, 6.45) is 3.43. The van der Waals surface area contributed by atoms with Gasteiger partial charge in [-0.25, -0.2) is 0 Å². The highest BCUT2D eigenvalue weighted by Gasteiger charge is 2.27. The average molecular weight is 376 g/mol. The minimum atomic E-state index is 0.161. The Bertz CT molecular complexity index is 557. The summed E-state index contributed by atoms with van der Waals surface area (Å²) in [5.41, 5.74) is 2.56. The zero-order chi connectivity index (χ0) is 19.5. The van der Waals surface area contributed by atoms with Gasteiger partial charge >= 0.3 is 0 Å². The van der Waals surface area contributed by atoms with E-state index in [-0.39, 0.29) is 6.10 Å². The Morgan fingerprint density at radius 3 is 2.74 bits per heavy atom. The van der Waals surface area contributed by atoms with Gasteiger partial charge in [0.05, 0.1) is 6.10 Å². The van der Waals surface area contributed by atoms with Crippen LogP contribution in [0.4, 0.5) is 0 Å². The molecule has 27 heavy (non-hydrogen) atoms. The fraction of sp³-hybridized carbons (Fsp3) is 0.682. The van der Waals surface area contributed by atoms with E-state index in [1.54, 1.807) is 0 Å². The maximum Gasteiger partial charge on any atom is 0.190 e. The lowest BCUT2D eigenvalue weighted by atomic mass is 9.89. The van der Waals surface area contributed by atoms with Crippen molar-refractivity contribution in [1.29, 1.82) is 0 Å². The summed E-state index contributed by atoms with van der Waals surface area (Å²) in [5.74, 6) is 1.90. The molecule has 2 atom stereocenters. The first-order valence-corrected chi connectivity index (χ1v) is 10.3. The van der Waals surface area contributed by atoms with Gasteiger partial charge in [0.1, 0.15) is 0 Å². The fourth-order valence-corrected chi connectivity index (χ4v) is 3.33. The number of benzene rings is 1. The molecule has 1 heterocycles. The molecule has 2 unspecified atom stereocenters. The van der Waals surface area contributed by atoms with Crippen LogP contribution in [0, 0.1) is 18.8 Å². The number of hydrogen-bond donors (Lipinski definition) is 2. The van der Waals surface area contributed by atoms with E-state index in [1.165, 1.54) is 17.5 Å². The molecule has 1 saturated heterocycles. The highest BCUT2D eigenvalue weighted by molar-refractivity contribution is 5.79. The van der Waals surface area contributed by atoms with Gasteiger partial charge in [-0.15, -0.1) is 0 Å². The largest absolute Gasteiger partial charge is 0.381 e. The Hall–Kier alpha value is -1.59. The first-order valence-electron chi connectivity index (χ1n) is 10.3. The normalized spacial score (nSPS) is 20.7. The van der Waals surface area contributed by atoms with E-state index >= 15 is 0 Å². The fourth-order valence-electron chi connectivity index (χ4n) is 3.33. The van der Waals surface area contributed by atoms with Crippen LogP contribution in [0.1, 0.15) is 50.3 Å². The van der Waals surface area contributed by atoms with Gasteiger partial charge in [0, 0.05) is 45.9 Å². The third kappa shape index (κ3) is 7.89. The Morgan fingerprint density at radius 1 is 1.26 bits per heavy atom. The summed E-state index contributed by atoms with van der Waals surface area (Å²) in [6, 6.07) is 8.73. The van der Waals surface area contributed by atoms with Crippen LogP contribution < -0.4 is 10.6 Å². The van der Waals surface area contributed by atoms with Crippen molar-refractivity contribution in [2.24, 2.45) is 16.8 Å². The zero-order valence-electron chi connectivity index (χ0n) is 17.5. The second-order valence-corrected chi connectivity index (χ2v) is 7.81. The molecule has 1 aliphatic rings. The smallest absolute Gasteiger partial charge is 0.190 e. The molecule has 0 amide bonds. The number of nitrogens with zero attached hydrogens (tertiary/aromatic N) is 1. The summed E-state index contributed by atoms with van der Waals surface area (Å²) in [4.78, 5) is 4.34. The second kappa shape index (κ2) is 12.0. The summed E-state index contributed by atoms with van der Waals surface area (Å²) in [6.45, 7) is 10.6. The van der Waals surface area contributed by atoms with E-state index in [1.807, 2.05) is 7.05 Å². The lowest BCUT2D eigenvalue weighted by molar-refractivity contribution is -0.0265.